The molecule has 2 rings (SSSR count). The van der Waals surface area contributed by atoms with Gasteiger partial charge in [-0.3, -0.25) is 4.79 Å². The highest BCUT2D eigenvalue weighted by Crippen LogP contribution is 2.28. The van der Waals surface area contributed by atoms with Crippen LogP contribution in [0, 0.1) is 0 Å². The van der Waals surface area contributed by atoms with E-state index >= 15 is 0 Å². The third-order valence-electron chi connectivity index (χ3n) is 3.34. The Kier molecular flexibility index (Phi) is 4.07. The second-order valence-corrected chi connectivity index (χ2v) is 4.89. The van der Waals surface area contributed by atoms with Crippen LogP contribution in [0.1, 0.15) is 13.3 Å². The molecule has 1 aromatic carbocycles. The highest BCUT2D eigenvalue weighted by molar-refractivity contribution is 5.95. The molecule has 0 saturated carbocycles. The molecule has 0 radical (unpaired) electrons. The molecule has 1 aliphatic rings. The lowest BCUT2D eigenvalue weighted by atomic mass is 9.99. The monoisotopic (exact) mass is 265 g/mol. The Hall–Kier alpha value is -1.59. The van der Waals surface area contributed by atoms with Gasteiger partial charge < -0.3 is 19.5 Å². The van der Waals surface area contributed by atoms with Crippen molar-refractivity contribution in [3.63, 3.8) is 0 Å². The van der Waals surface area contributed by atoms with E-state index in [1.54, 1.807) is 12.0 Å². The number of ether oxygens (including phenoxy) is 2. The number of methoxy groups -OCH3 is 1. The third-order valence-corrected chi connectivity index (χ3v) is 3.34. The Morgan fingerprint density at radius 1 is 1.53 bits per heavy atom. The van der Waals surface area contributed by atoms with E-state index in [-0.39, 0.29) is 19.1 Å². The number of anilines is 1. The number of carbonyl (C=O) groups excluding carboxylic acids is 1. The molecule has 1 N–H and O–H groups in total. The van der Waals surface area contributed by atoms with Gasteiger partial charge in [-0.2, -0.15) is 0 Å². The first-order valence-electron chi connectivity index (χ1n) is 6.27. The van der Waals surface area contributed by atoms with E-state index in [4.69, 9.17) is 14.6 Å². The van der Waals surface area contributed by atoms with Crippen LogP contribution in [0.15, 0.2) is 24.3 Å². The molecule has 1 unspecified atom stereocenters. The lowest BCUT2D eigenvalue weighted by Crippen LogP contribution is -2.53. The second kappa shape index (κ2) is 5.59. The van der Waals surface area contributed by atoms with Gasteiger partial charge in [-0.05, 0) is 19.1 Å². The molecular weight excluding hydrogens is 246 g/mol. The second-order valence-electron chi connectivity index (χ2n) is 4.89. The van der Waals surface area contributed by atoms with Crippen LogP contribution in [0.25, 0.3) is 0 Å². The van der Waals surface area contributed by atoms with E-state index in [1.807, 2.05) is 31.2 Å². The minimum atomic E-state index is -0.508. The summed E-state index contributed by atoms with van der Waals surface area (Å²) in [6.45, 7) is 2.41. The molecule has 5 heteroatoms. The van der Waals surface area contributed by atoms with E-state index in [0.29, 0.717) is 18.7 Å². The fourth-order valence-electron chi connectivity index (χ4n) is 2.18. The molecule has 1 atom stereocenters. The highest BCUT2D eigenvalue weighted by atomic mass is 16.5. The smallest absolute Gasteiger partial charge is 0.253 e. The summed E-state index contributed by atoms with van der Waals surface area (Å²) in [6, 6.07) is 7.37. The van der Waals surface area contributed by atoms with Crippen LogP contribution < -0.4 is 9.64 Å². The largest absolute Gasteiger partial charge is 0.497 e. The molecule has 1 saturated heterocycles. The van der Waals surface area contributed by atoms with E-state index in [2.05, 4.69) is 0 Å². The number of rotatable bonds is 4. The topological polar surface area (TPSA) is 59.0 Å². The summed E-state index contributed by atoms with van der Waals surface area (Å²) in [6.07, 6.45) is 0.501. The van der Waals surface area contributed by atoms with Crippen molar-refractivity contribution < 1.29 is 19.4 Å². The van der Waals surface area contributed by atoms with Gasteiger partial charge >= 0.3 is 0 Å². The first-order chi connectivity index (χ1) is 9.08. The van der Waals surface area contributed by atoms with Crippen LogP contribution in [-0.2, 0) is 9.53 Å². The standard InChI is InChI=1S/C14H19NO4/c1-14(6-7-16)10-15(13(17)9-19-14)11-4-3-5-12(8-11)18-2/h3-5,8,16H,6-7,9-10H2,1-2H3. The highest BCUT2D eigenvalue weighted by Gasteiger charge is 2.36. The number of nitrogens with zero attached hydrogens (tertiary/aromatic N) is 1. The lowest BCUT2D eigenvalue weighted by Gasteiger charge is -2.40. The summed E-state index contributed by atoms with van der Waals surface area (Å²) in [4.78, 5) is 13.7. The van der Waals surface area contributed by atoms with Crippen molar-refractivity contribution in [2.24, 2.45) is 0 Å². The Morgan fingerprint density at radius 2 is 2.32 bits per heavy atom. The molecule has 19 heavy (non-hydrogen) atoms. The molecular formula is C14H19NO4. The van der Waals surface area contributed by atoms with Crippen molar-refractivity contribution in [1.82, 2.24) is 0 Å². The van der Waals surface area contributed by atoms with E-state index < -0.39 is 5.60 Å². The molecule has 0 aromatic heterocycles. The fourth-order valence-corrected chi connectivity index (χ4v) is 2.18. The minimum Gasteiger partial charge on any atom is -0.497 e. The van der Waals surface area contributed by atoms with Gasteiger partial charge in [-0.15, -0.1) is 0 Å². The number of aliphatic hydroxyl groups excluding tert-OH is 1. The van der Waals surface area contributed by atoms with E-state index in [1.165, 1.54) is 0 Å². The summed E-state index contributed by atoms with van der Waals surface area (Å²) >= 11 is 0. The molecule has 1 aliphatic heterocycles. The molecule has 1 amide bonds. The van der Waals surface area contributed by atoms with Crippen molar-refractivity contribution in [3.8, 4) is 5.75 Å². The molecule has 1 heterocycles. The molecule has 0 bridgehead atoms. The van der Waals surface area contributed by atoms with Gasteiger partial charge in [0.25, 0.3) is 5.91 Å². The maximum atomic E-state index is 12.0. The van der Waals surface area contributed by atoms with Crippen molar-refractivity contribution >= 4 is 11.6 Å². The summed E-state index contributed by atoms with van der Waals surface area (Å²) in [5, 5.41) is 9.09. The molecule has 0 aliphatic carbocycles. The van der Waals surface area contributed by atoms with Crippen LogP contribution in [0.5, 0.6) is 5.75 Å². The number of hydrogen-bond acceptors (Lipinski definition) is 4. The van der Waals surface area contributed by atoms with Gasteiger partial charge in [-0.1, -0.05) is 6.07 Å². The lowest BCUT2D eigenvalue weighted by molar-refractivity contribution is -0.138. The minimum absolute atomic E-state index is 0.0354. The predicted octanol–water partition coefficient (Wildman–Crippen LogP) is 1.20. The van der Waals surface area contributed by atoms with Crippen LogP contribution >= 0.6 is 0 Å². The first-order valence-corrected chi connectivity index (χ1v) is 6.27. The van der Waals surface area contributed by atoms with Crippen LogP contribution in [0.4, 0.5) is 5.69 Å². The first kappa shape index (κ1) is 13.8. The molecule has 0 spiro atoms. The van der Waals surface area contributed by atoms with Gasteiger partial charge in [0, 0.05) is 24.8 Å². The number of benzene rings is 1. The average Bonchev–Trinajstić information content (AvgIpc) is 2.42. The van der Waals surface area contributed by atoms with Gasteiger partial charge in [0.15, 0.2) is 0 Å². The average molecular weight is 265 g/mol. The number of aliphatic hydroxyl groups is 1. The normalized spacial score (nSPS) is 23.5. The van der Waals surface area contributed by atoms with Crippen LogP contribution in [0.3, 0.4) is 0 Å². The Balaban J connectivity index is 2.23. The zero-order chi connectivity index (χ0) is 13.9. The van der Waals surface area contributed by atoms with Gasteiger partial charge in [-0.25, -0.2) is 0 Å². The molecule has 5 nitrogen and oxygen atoms in total. The molecule has 1 aromatic rings. The predicted molar refractivity (Wildman–Crippen MR) is 71.4 cm³/mol. The van der Waals surface area contributed by atoms with Crippen molar-refractivity contribution in [2.75, 3.05) is 31.8 Å². The van der Waals surface area contributed by atoms with E-state index in [0.717, 1.165) is 5.69 Å². The summed E-state index contributed by atoms with van der Waals surface area (Å²) in [5.41, 5.74) is 0.281. The maximum absolute atomic E-state index is 12.0. The quantitative estimate of drug-likeness (QED) is 0.888. The maximum Gasteiger partial charge on any atom is 0.253 e. The zero-order valence-electron chi connectivity index (χ0n) is 11.3. The number of hydrogen-bond donors (Lipinski definition) is 1. The van der Waals surface area contributed by atoms with Crippen LogP contribution in [-0.4, -0.2) is 43.5 Å². The summed E-state index contributed by atoms with van der Waals surface area (Å²) in [7, 11) is 1.59. The summed E-state index contributed by atoms with van der Waals surface area (Å²) in [5.74, 6) is 0.629. The van der Waals surface area contributed by atoms with E-state index in [9.17, 15) is 4.79 Å². The van der Waals surface area contributed by atoms with Gasteiger partial charge in [0.1, 0.15) is 12.4 Å². The number of carbonyl (C=O) groups is 1. The summed E-state index contributed by atoms with van der Waals surface area (Å²) < 4.78 is 10.7. The van der Waals surface area contributed by atoms with Crippen molar-refractivity contribution in [3.05, 3.63) is 24.3 Å². The van der Waals surface area contributed by atoms with Gasteiger partial charge in [0.2, 0.25) is 0 Å². The Labute approximate surface area is 112 Å². The number of amides is 1. The number of morpholine rings is 1. The fraction of sp³-hybridized carbons (Fsp3) is 0.500. The van der Waals surface area contributed by atoms with Crippen LogP contribution in [0.2, 0.25) is 0 Å². The SMILES string of the molecule is COc1cccc(N2CC(C)(CCO)OCC2=O)c1. The van der Waals surface area contributed by atoms with Crippen molar-refractivity contribution in [1.29, 1.82) is 0 Å². The van der Waals surface area contributed by atoms with Gasteiger partial charge in [0.05, 0.1) is 19.3 Å². The zero-order valence-corrected chi connectivity index (χ0v) is 11.3. The molecule has 1 fully saturated rings. The Morgan fingerprint density at radius 3 is 3.00 bits per heavy atom. The van der Waals surface area contributed by atoms with Crippen molar-refractivity contribution in [2.45, 2.75) is 18.9 Å². The Bertz CT molecular complexity index is 463. The molecule has 104 valence electrons. The third kappa shape index (κ3) is 3.05.